The fraction of sp³-hybridized carbons (Fsp3) is 0.419. The number of piperidine rings is 1. The third kappa shape index (κ3) is 5.26. The van der Waals surface area contributed by atoms with E-state index in [0.29, 0.717) is 34.5 Å². The lowest BCUT2D eigenvalue weighted by molar-refractivity contribution is 0.316. The van der Waals surface area contributed by atoms with E-state index >= 15 is 0 Å². The highest BCUT2D eigenvalue weighted by Gasteiger charge is 2.43. The molecular formula is C31H35N5O2S. The molecule has 1 aromatic heterocycles. The van der Waals surface area contributed by atoms with Gasteiger partial charge in [-0.25, -0.2) is 13.4 Å². The maximum absolute atomic E-state index is 12.2. The number of nitrogens with one attached hydrogen (secondary N) is 1. The third-order valence-corrected chi connectivity index (χ3v) is 9.86. The highest BCUT2D eigenvalue weighted by atomic mass is 32.2. The molecule has 6 rings (SSSR count). The summed E-state index contributed by atoms with van der Waals surface area (Å²) in [5, 5.41) is 13.1. The minimum Gasteiger partial charge on any atom is -0.371 e. The number of nitriles is 1. The van der Waals surface area contributed by atoms with E-state index in [-0.39, 0.29) is 0 Å². The predicted octanol–water partition coefficient (Wildman–Crippen LogP) is 4.64. The molecule has 4 atom stereocenters. The van der Waals surface area contributed by atoms with E-state index in [1.807, 2.05) is 36.5 Å². The lowest BCUT2D eigenvalue weighted by Gasteiger charge is -2.47. The Labute approximate surface area is 231 Å². The van der Waals surface area contributed by atoms with Crippen molar-refractivity contribution < 1.29 is 8.42 Å². The number of rotatable bonds is 4. The van der Waals surface area contributed by atoms with Crippen molar-refractivity contribution in [2.45, 2.75) is 55.1 Å². The number of aromatic nitrogens is 1. The molecule has 8 heteroatoms. The van der Waals surface area contributed by atoms with Crippen molar-refractivity contribution in [1.82, 2.24) is 10.3 Å². The minimum atomic E-state index is -3.29. The lowest BCUT2D eigenvalue weighted by atomic mass is 9.86. The molecule has 1 N–H and O–H groups in total. The predicted molar refractivity (Wildman–Crippen MR) is 155 cm³/mol. The number of hydrogen-bond acceptors (Lipinski definition) is 7. The molecule has 202 valence electrons. The van der Waals surface area contributed by atoms with E-state index in [0.717, 1.165) is 49.4 Å². The summed E-state index contributed by atoms with van der Waals surface area (Å²) in [6.45, 7) is 2.89. The fourth-order valence-electron chi connectivity index (χ4n) is 6.78. The van der Waals surface area contributed by atoms with Gasteiger partial charge in [0.2, 0.25) is 0 Å². The first-order valence-corrected chi connectivity index (χ1v) is 15.8. The van der Waals surface area contributed by atoms with Crippen molar-refractivity contribution in [3.05, 3.63) is 72.4 Å². The number of hydrogen-bond donors (Lipinski definition) is 1. The van der Waals surface area contributed by atoms with Crippen LogP contribution in [0.5, 0.6) is 0 Å². The number of anilines is 2. The largest absolute Gasteiger partial charge is 0.371 e. The number of pyridine rings is 1. The molecule has 0 bridgehead atoms. The first-order valence-electron chi connectivity index (χ1n) is 13.9. The average Bonchev–Trinajstić information content (AvgIpc) is 3.13. The van der Waals surface area contributed by atoms with Crippen LogP contribution in [-0.2, 0) is 9.84 Å². The van der Waals surface area contributed by atoms with Crippen molar-refractivity contribution in [1.29, 1.82) is 5.26 Å². The molecule has 3 aromatic rings. The zero-order valence-electron chi connectivity index (χ0n) is 22.3. The monoisotopic (exact) mass is 541 g/mol. The number of nitrogens with zero attached hydrogens (tertiary/aromatic N) is 4. The molecule has 2 saturated heterocycles. The summed E-state index contributed by atoms with van der Waals surface area (Å²) in [5.74, 6) is 1.42. The third-order valence-electron chi connectivity index (χ3n) is 8.75. The van der Waals surface area contributed by atoms with Crippen LogP contribution in [0.2, 0.25) is 0 Å². The van der Waals surface area contributed by atoms with Gasteiger partial charge >= 0.3 is 0 Å². The summed E-state index contributed by atoms with van der Waals surface area (Å²) in [7, 11) is -3.29. The molecule has 39 heavy (non-hydrogen) atoms. The van der Waals surface area contributed by atoms with Crippen molar-refractivity contribution in [2.75, 3.05) is 35.7 Å². The quantitative estimate of drug-likeness (QED) is 0.515. The molecule has 0 spiro atoms. The van der Waals surface area contributed by atoms with E-state index < -0.39 is 9.84 Å². The van der Waals surface area contributed by atoms with Crippen molar-refractivity contribution >= 4 is 21.3 Å². The standard InChI is InChI=1S/C31H35N5O2S/c1-39(37,38)27-6-4-5-23(17-27)24-13-15-33-31(18-24)36-29-14-16-35(26-11-9-22(19-32)10-12-26)21-25(29)20-34-28-7-2-3-8-30(28)36/h4-6,9-13,15,17-18,25,28-30,34H,2-3,7-8,14,16,20-21H2,1H3. The minimum absolute atomic E-state index is 0.333. The first kappa shape index (κ1) is 25.8. The Hall–Kier alpha value is -3.41. The van der Waals surface area contributed by atoms with E-state index in [9.17, 15) is 13.7 Å². The van der Waals surface area contributed by atoms with Gasteiger partial charge in [0.05, 0.1) is 16.5 Å². The molecule has 0 radical (unpaired) electrons. The Morgan fingerprint density at radius 2 is 1.77 bits per heavy atom. The van der Waals surface area contributed by atoms with Gasteiger partial charge in [0.15, 0.2) is 9.84 Å². The molecule has 4 unspecified atom stereocenters. The highest BCUT2D eigenvalue weighted by molar-refractivity contribution is 7.90. The Kier molecular flexibility index (Phi) is 7.05. The zero-order chi connectivity index (χ0) is 27.0. The Morgan fingerprint density at radius 3 is 2.56 bits per heavy atom. The number of fused-ring (bicyclic) bond motifs is 2. The van der Waals surface area contributed by atoms with Gasteiger partial charge in [-0.15, -0.1) is 0 Å². The summed E-state index contributed by atoms with van der Waals surface area (Å²) in [6, 6.07) is 22.7. The Bertz CT molecular complexity index is 1480. The average molecular weight is 542 g/mol. The molecular weight excluding hydrogens is 506 g/mol. The molecule has 3 heterocycles. The van der Waals surface area contributed by atoms with E-state index in [2.05, 4.69) is 39.4 Å². The van der Waals surface area contributed by atoms with Gasteiger partial charge in [-0.2, -0.15) is 5.26 Å². The fourth-order valence-corrected chi connectivity index (χ4v) is 7.45. The van der Waals surface area contributed by atoms with E-state index in [1.165, 1.54) is 31.2 Å². The molecule has 3 fully saturated rings. The van der Waals surface area contributed by atoms with Gasteiger partial charge in [-0.1, -0.05) is 25.0 Å². The second-order valence-electron chi connectivity index (χ2n) is 11.2. The summed E-state index contributed by atoms with van der Waals surface area (Å²) >= 11 is 0. The van der Waals surface area contributed by atoms with Crippen molar-refractivity contribution in [3.63, 3.8) is 0 Å². The van der Waals surface area contributed by atoms with Crippen LogP contribution in [0.25, 0.3) is 11.1 Å². The molecule has 1 aliphatic carbocycles. The van der Waals surface area contributed by atoms with E-state index in [4.69, 9.17) is 4.98 Å². The Morgan fingerprint density at radius 1 is 0.974 bits per heavy atom. The van der Waals surface area contributed by atoms with Crippen molar-refractivity contribution in [2.24, 2.45) is 5.92 Å². The zero-order valence-corrected chi connectivity index (χ0v) is 23.1. The van der Waals surface area contributed by atoms with Gasteiger partial charge < -0.3 is 15.1 Å². The van der Waals surface area contributed by atoms with Crippen LogP contribution in [0.1, 0.15) is 37.7 Å². The van der Waals surface area contributed by atoms with Crippen LogP contribution in [0.3, 0.4) is 0 Å². The molecule has 2 aliphatic heterocycles. The molecule has 3 aliphatic rings. The molecule has 7 nitrogen and oxygen atoms in total. The summed E-state index contributed by atoms with van der Waals surface area (Å²) in [4.78, 5) is 10.3. The topological polar surface area (TPSA) is 89.3 Å². The van der Waals surface area contributed by atoms with Crippen LogP contribution in [-0.4, -0.2) is 57.4 Å². The van der Waals surface area contributed by atoms with Gasteiger partial charge in [0.25, 0.3) is 0 Å². The summed E-state index contributed by atoms with van der Waals surface area (Å²) in [6.07, 6.45) is 8.96. The van der Waals surface area contributed by atoms with Crippen LogP contribution >= 0.6 is 0 Å². The normalized spacial score (nSPS) is 25.2. The lowest BCUT2D eigenvalue weighted by Crippen LogP contribution is -2.56. The smallest absolute Gasteiger partial charge is 0.175 e. The van der Waals surface area contributed by atoms with Crippen LogP contribution in [0.15, 0.2) is 71.8 Å². The van der Waals surface area contributed by atoms with Gasteiger partial charge in [-0.3, -0.25) is 0 Å². The summed E-state index contributed by atoms with van der Waals surface area (Å²) < 4.78 is 24.4. The maximum atomic E-state index is 12.2. The van der Waals surface area contributed by atoms with Gasteiger partial charge in [0, 0.05) is 61.8 Å². The van der Waals surface area contributed by atoms with Crippen molar-refractivity contribution in [3.8, 4) is 17.2 Å². The summed E-state index contributed by atoms with van der Waals surface area (Å²) in [5.41, 5.74) is 3.74. The first-order chi connectivity index (χ1) is 18.9. The molecule has 2 aromatic carbocycles. The van der Waals surface area contributed by atoms with Gasteiger partial charge in [0.1, 0.15) is 5.82 Å². The van der Waals surface area contributed by atoms with Crippen LogP contribution in [0, 0.1) is 17.2 Å². The molecule has 1 saturated carbocycles. The van der Waals surface area contributed by atoms with Gasteiger partial charge in [-0.05, 0) is 78.9 Å². The Balaban J connectivity index is 1.34. The van der Waals surface area contributed by atoms with Crippen LogP contribution < -0.4 is 15.1 Å². The van der Waals surface area contributed by atoms with Crippen LogP contribution in [0.4, 0.5) is 11.5 Å². The molecule has 0 amide bonds. The maximum Gasteiger partial charge on any atom is 0.175 e. The SMILES string of the molecule is CS(=O)(=O)c1cccc(-c2ccnc(N3C4CCN(c5ccc(C#N)cc5)CC4CNC4CCCCC43)c2)c1. The number of sulfone groups is 1. The second kappa shape index (κ2) is 10.6. The number of benzene rings is 2. The van der Waals surface area contributed by atoms with E-state index in [1.54, 1.807) is 12.1 Å². The highest BCUT2D eigenvalue weighted by Crippen LogP contribution is 2.38. The second-order valence-corrected chi connectivity index (χ2v) is 13.2.